The number of rotatable bonds is 3. The van der Waals surface area contributed by atoms with Crippen LogP contribution in [-0.4, -0.2) is 16.5 Å². The van der Waals surface area contributed by atoms with Crippen molar-refractivity contribution in [1.29, 1.82) is 0 Å². The fraction of sp³-hybridized carbons (Fsp3) is 0.429. The summed E-state index contributed by atoms with van der Waals surface area (Å²) < 4.78 is 16.7. The first kappa shape index (κ1) is 9.99. The Morgan fingerprint density at radius 3 is 2.31 bits per heavy atom. The molecule has 0 aromatic heterocycles. The quantitative estimate of drug-likeness (QED) is 0.391. The number of imide groups is 1. The van der Waals surface area contributed by atoms with Crippen molar-refractivity contribution in [1.82, 2.24) is 4.67 Å². The molecule has 0 aliphatic carbocycles. The molecule has 1 rings (SSSR count). The Bertz CT molecular complexity index is 283. The highest BCUT2D eigenvalue weighted by Gasteiger charge is 2.33. The summed E-state index contributed by atoms with van der Waals surface area (Å²) in [7, 11) is -2.78. The number of hydrogen-bond acceptors (Lipinski definition) is 4. The van der Waals surface area contributed by atoms with Crippen LogP contribution < -0.4 is 0 Å². The summed E-state index contributed by atoms with van der Waals surface area (Å²) in [5.74, 6) is -0.637. The third-order valence-corrected chi connectivity index (χ3v) is 2.88. The van der Waals surface area contributed by atoms with E-state index in [9.17, 15) is 14.2 Å². The summed E-state index contributed by atoms with van der Waals surface area (Å²) in [5, 5.41) is 0. The van der Waals surface area contributed by atoms with Gasteiger partial charge >= 0.3 is 8.18 Å². The third kappa shape index (κ3) is 2.18. The van der Waals surface area contributed by atoms with Gasteiger partial charge in [-0.25, -0.2) is 4.67 Å². The number of nitrogens with zero attached hydrogens (tertiary/aromatic N) is 1. The highest BCUT2D eigenvalue weighted by molar-refractivity contribution is 7.38. The molecule has 0 aromatic rings. The van der Waals surface area contributed by atoms with Crippen LogP contribution in [0.1, 0.15) is 19.8 Å². The van der Waals surface area contributed by atoms with E-state index in [2.05, 4.69) is 6.58 Å². The van der Waals surface area contributed by atoms with Crippen LogP contribution in [0.2, 0.25) is 0 Å². The van der Waals surface area contributed by atoms with Crippen LogP contribution in [0, 0.1) is 0 Å². The van der Waals surface area contributed by atoms with Gasteiger partial charge in [-0.15, -0.1) is 0 Å². The topological polar surface area (TPSA) is 63.7 Å². The molecule has 1 aliphatic heterocycles. The smallest absolute Gasteiger partial charge is 0.340 e. The van der Waals surface area contributed by atoms with Gasteiger partial charge in [0.2, 0.25) is 11.8 Å². The standard InChI is InChI=1S/C7H10NO4P/c1-5(2)12-13(11)8-6(9)3-4-7(8)10/h13H,1,3-4H2,2H3. The zero-order chi connectivity index (χ0) is 10.0. The monoisotopic (exact) mass is 203 g/mol. The molecule has 1 saturated heterocycles. The molecule has 1 atom stereocenters. The van der Waals surface area contributed by atoms with Gasteiger partial charge in [-0.2, -0.15) is 0 Å². The largest absolute Gasteiger partial charge is 0.436 e. The van der Waals surface area contributed by atoms with E-state index in [4.69, 9.17) is 4.52 Å². The average Bonchev–Trinajstić information content (AvgIpc) is 2.29. The number of hydrogen-bond donors (Lipinski definition) is 0. The zero-order valence-corrected chi connectivity index (χ0v) is 8.20. The number of carbonyl (C=O) groups excluding carboxylic acids is 2. The molecule has 6 heteroatoms. The Morgan fingerprint density at radius 1 is 1.46 bits per heavy atom. The van der Waals surface area contributed by atoms with Gasteiger partial charge in [-0.3, -0.25) is 14.2 Å². The second-order valence-electron chi connectivity index (χ2n) is 2.69. The van der Waals surface area contributed by atoms with Crippen LogP contribution >= 0.6 is 8.18 Å². The molecule has 5 nitrogen and oxygen atoms in total. The molecule has 0 saturated carbocycles. The van der Waals surface area contributed by atoms with Gasteiger partial charge in [-0.05, 0) is 6.92 Å². The Balaban J connectivity index is 2.70. The van der Waals surface area contributed by atoms with Crippen molar-refractivity contribution >= 4 is 20.0 Å². The molecule has 0 spiro atoms. The molecule has 0 N–H and O–H groups in total. The zero-order valence-electron chi connectivity index (χ0n) is 7.20. The summed E-state index contributed by atoms with van der Waals surface area (Å²) in [4.78, 5) is 22.1. The van der Waals surface area contributed by atoms with E-state index in [1.165, 1.54) is 6.92 Å². The molecule has 1 aliphatic rings. The Labute approximate surface area is 76.3 Å². The lowest BCUT2D eigenvalue weighted by molar-refractivity contribution is -0.132. The van der Waals surface area contributed by atoms with E-state index in [1.807, 2.05) is 0 Å². The fourth-order valence-electron chi connectivity index (χ4n) is 0.975. The molecule has 2 amide bonds. The lowest BCUT2D eigenvalue weighted by Gasteiger charge is -2.13. The summed E-state index contributed by atoms with van der Waals surface area (Å²) in [6.45, 7) is 4.88. The molecule has 72 valence electrons. The third-order valence-electron chi connectivity index (χ3n) is 1.50. The number of allylic oxidation sites excluding steroid dienone is 1. The normalized spacial score (nSPS) is 19.0. The van der Waals surface area contributed by atoms with Crippen molar-refractivity contribution in [3.63, 3.8) is 0 Å². The summed E-state index contributed by atoms with van der Waals surface area (Å²) >= 11 is 0. The molecular formula is C7H10NO4P. The van der Waals surface area contributed by atoms with Gasteiger partial charge in [0.15, 0.2) is 0 Å². The fourth-order valence-corrected chi connectivity index (χ4v) is 2.00. The van der Waals surface area contributed by atoms with Crippen molar-refractivity contribution in [3.05, 3.63) is 12.3 Å². The number of carbonyl (C=O) groups is 2. The van der Waals surface area contributed by atoms with E-state index >= 15 is 0 Å². The average molecular weight is 203 g/mol. The van der Waals surface area contributed by atoms with Gasteiger partial charge in [0, 0.05) is 12.8 Å². The SMILES string of the molecule is C=C(C)O[PH](=O)N1C(=O)CCC1=O. The Kier molecular flexibility index (Phi) is 2.88. The van der Waals surface area contributed by atoms with Crippen molar-refractivity contribution in [2.24, 2.45) is 0 Å². The van der Waals surface area contributed by atoms with Crippen LogP contribution in [0.3, 0.4) is 0 Å². The van der Waals surface area contributed by atoms with Gasteiger partial charge in [-0.1, -0.05) is 6.58 Å². The molecular weight excluding hydrogens is 193 g/mol. The maximum atomic E-state index is 11.3. The van der Waals surface area contributed by atoms with Crippen molar-refractivity contribution in [2.75, 3.05) is 0 Å². The highest BCUT2D eigenvalue weighted by Crippen LogP contribution is 2.35. The minimum Gasteiger partial charge on any atom is -0.436 e. The van der Waals surface area contributed by atoms with Crippen LogP contribution in [0.5, 0.6) is 0 Å². The van der Waals surface area contributed by atoms with Gasteiger partial charge in [0.1, 0.15) is 0 Å². The maximum Gasteiger partial charge on any atom is 0.340 e. The van der Waals surface area contributed by atoms with Crippen LogP contribution in [0.15, 0.2) is 12.3 Å². The molecule has 1 heterocycles. The molecule has 1 fully saturated rings. The number of amides is 2. The van der Waals surface area contributed by atoms with Crippen LogP contribution in [-0.2, 0) is 18.7 Å². The van der Waals surface area contributed by atoms with Crippen molar-refractivity contribution in [3.8, 4) is 0 Å². The predicted molar refractivity (Wildman–Crippen MR) is 46.0 cm³/mol. The minimum atomic E-state index is -2.78. The van der Waals surface area contributed by atoms with Gasteiger partial charge in [0.25, 0.3) is 0 Å². The summed E-state index contributed by atoms with van der Waals surface area (Å²) in [6.07, 6.45) is 0.240. The van der Waals surface area contributed by atoms with Gasteiger partial charge in [0.05, 0.1) is 5.76 Å². The predicted octanol–water partition coefficient (Wildman–Crippen LogP) is 1.08. The maximum absolute atomic E-state index is 11.3. The van der Waals surface area contributed by atoms with E-state index in [0.717, 1.165) is 0 Å². The molecule has 13 heavy (non-hydrogen) atoms. The lowest BCUT2D eigenvalue weighted by atomic mass is 10.4. The Hall–Kier alpha value is -1.09. The second-order valence-corrected chi connectivity index (χ2v) is 3.88. The first-order valence-corrected chi connectivity index (χ1v) is 5.02. The van der Waals surface area contributed by atoms with E-state index in [1.54, 1.807) is 0 Å². The first-order valence-electron chi connectivity index (χ1n) is 3.75. The molecule has 0 aromatic carbocycles. The molecule has 0 bridgehead atoms. The highest BCUT2D eigenvalue weighted by atomic mass is 31.1. The van der Waals surface area contributed by atoms with E-state index in [0.29, 0.717) is 4.67 Å². The second kappa shape index (κ2) is 3.75. The summed E-state index contributed by atoms with van der Waals surface area (Å²) in [6, 6.07) is 0. The molecule has 1 unspecified atom stereocenters. The van der Waals surface area contributed by atoms with E-state index in [-0.39, 0.29) is 18.6 Å². The first-order chi connectivity index (χ1) is 6.02. The van der Waals surface area contributed by atoms with Crippen molar-refractivity contribution < 1.29 is 18.7 Å². The van der Waals surface area contributed by atoms with Crippen molar-refractivity contribution in [2.45, 2.75) is 19.8 Å². The Morgan fingerprint density at radius 2 is 1.92 bits per heavy atom. The molecule has 0 radical (unpaired) electrons. The van der Waals surface area contributed by atoms with E-state index < -0.39 is 20.0 Å². The van der Waals surface area contributed by atoms with Crippen LogP contribution in [0.25, 0.3) is 0 Å². The van der Waals surface area contributed by atoms with Gasteiger partial charge < -0.3 is 4.52 Å². The minimum absolute atomic E-state index is 0.120. The van der Waals surface area contributed by atoms with Crippen LogP contribution in [0.4, 0.5) is 0 Å². The lowest BCUT2D eigenvalue weighted by Crippen LogP contribution is -2.21. The summed E-state index contributed by atoms with van der Waals surface area (Å²) in [5.41, 5.74) is 0.